The fraction of sp³-hybridized carbons (Fsp3) is 0.571. The lowest BCUT2D eigenvalue weighted by molar-refractivity contribution is 0.134. The van der Waals surface area contributed by atoms with Crippen LogP contribution in [0.4, 0.5) is 0 Å². The molecule has 1 nitrogen and oxygen atoms in total. The highest BCUT2D eigenvalue weighted by Gasteiger charge is 1.87. The molecule has 0 spiro atoms. The van der Waals surface area contributed by atoms with Crippen LogP contribution in [0, 0.1) is 0 Å². The minimum atomic E-state index is 0.838. The number of rotatable bonds is 10. The summed E-state index contributed by atoms with van der Waals surface area (Å²) < 4.78 is 5.49. The Bertz CT molecular complexity index is 180. The lowest BCUT2D eigenvalue weighted by atomic mass is 10.2. The third-order valence-corrected chi connectivity index (χ3v) is 2.07. The smallest absolute Gasteiger partial charge is 0.0500 e. The Hall–Kier alpha value is -0.820. The first-order valence-electron chi connectivity index (χ1n) is 5.93. The number of allylic oxidation sites excluding steroid dienone is 4. The van der Waals surface area contributed by atoms with E-state index in [1.54, 1.807) is 6.08 Å². The van der Waals surface area contributed by atoms with E-state index in [0.717, 1.165) is 19.6 Å². The van der Waals surface area contributed by atoms with Gasteiger partial charge in [-0.25, -0.2) is 0 Å². The van der Waals surface area contributed by atoms with E-state index in [1.165, 1.54) is 25.7 Å². The second-order valence-electron chi connectivity index (χ2n) is 3.51. The van der Waals surface area contributed by atoms with Crippen LogP contribution in [0.5, 0.6) is 0 Å². The average Bonchev–Trinajstić information content (AvgIpc) is 2.26. The van der Waals surface area contributed by atoms with Crippen LogP contribution in [0.25, 0.3) is 0 Å². The van der Waals surface area contributed by atoms with Gasteiger partial charge in [0.15, 0.2) is 0 Å². The van der Waals surface area contributed by atoms with E-state index in [4.69, 9.17) is 4.74 Å². The van der Waals surface area contributed by atoms with Gasteiger partial charge in [-0.3, -0.25) is 0 Å². The molecule has 86 valence electrons. The van der Waals surface area contributed by atoms with Crippen LogP contribution in [0.3, 0.4) is 0 Å². The van der Waals surface area contributed by atoms with Gasteiger partial charge in [0.25, 0.3) is 0 Å². The van der Waals surface area contributed by atoms with Crippen LogP contribution in [-0.2, 0) is 4.74 Å². The highest BCUT2D eigenvalue weighted by molar-refractivity contribution is 5.08. The van der Waals surface area contributed by atoms with E-state index in [0.29, 0.717) is 0 Å². The molecule has 0 aliphatic heterocycles. The molecule has 0 rings (SSSR count). The molecule has 0 bridgehead atoms. The maximum Gasteiger partial charge on any atom is 0.0500 e. The maximum absolute atomic E-state index is 5.49. The van der Waals surface area contributed by atoms with E-state index in [-0.39, 0.29) is 0 Å². The standard InChI is InChI=1S/C14H24O/c1-3-5-7-9-10-12-14-15-13-11-8-6-4-2/h3,5,7,9-10H,1,4,6,8,11-14H2,2H3/b7-5-,10-9-. The van der Waals surface area contributed by atoms with E-state index in [9.17, 15) is 0 Å². The van der Waals surface area contributed by atoms with Crippen molar-refractivity contribution in [3.8, 4) is 0 Å². The summed E-state index contributed by atoms with van der Waals surface area (Å²) in [4.78, 5) is 0. The molecule has 0 radical (unpaired) electrons. The van der Waals surface area contributed by atoms with Crippen LogP contribution in [0.1, 0.15) is 39.0 Å². The first kappa shape index (κ1) is 14.2. The van der Waals surface area contributed by atoms with Crippen molar-refractivity contribution in [2.24, 2.45) is 0 Å². The Kier molecular flexibility index (Phi) is 12.5. The number of hydrogen-bond acceptors (Lipinski definition) is 1. The van der Waals surface area contributed by atoms with Gasteiger partial charge in [0.2, 0.25) is 0 Å². The first-order valence-corrected chi connectivity index (χ1v) is 5.93. The molecule has 0 heterocycles. The second kappa shape index (κ2) is 13.2. The monoisotopic (exact) mass is 208 g/mol. The molecular weight excluding hydrogens is 184 g/mol. The summed E-state index contributed by atoms with van der Waals surface area (Å²) in [5.41, 5.74) is 0. The number of hydrogen-bond donors (Lipinski definition) is 0. The van der Waals surface area contributed by atoms with Gasteiger partial charge in [-0.2, -0.15) is 0 Å². The van der Waals surface area contributed by atoms with Crippen molar-refractivity contribution in [2.45, 2.75) is 39.0 Å². The summed E-state index contributed by atoms with van der Waals surface area (Å²) in [6.45, 7) is 7.57. The molecule has 15 heavy (non-hydrogen) atoms. The Labute approximate surface area is 94.5 Å². The van der Waals surface area contributed by atoms with E-state index in [2.05, 4.69) is 19.6 Å². The summed E-state index contributed by atoms with van der Waals surface area (Å²) in [6.07, 6.45) is 15.9. The molecule has 0 aromatic carbocycles. The van der Waals surface area contributed by atoms with E-state index in [1.807, 2.05) is 18.2 Å². The Morgan fingerprint density at radius 2 is 1.87 bits per heavy atom. The third kappa shape index (κ3) is 13.2. The van der Waals surface area contributed by atoms with Crippen molar-refractivity contribution >= 4 is 0 Å². The van der Waals surface area contributed by atoms with Gasteiger partial charge in [0, 0.05) is 6.61 Å². The lowest BCUT2D eigenvalue weighted by Gasteiger charge is -2.01. The van der Waals surface area contributed by atoms with Gasteiger partial charge < -0.3 is 4.74 Å². The van der Waals surface area contributed by atoms with Gasteiger partial charge in [0.05, 0.1) is 6.61 Å². The predicted octanol–water partition coefficient (Wildman–Crippen LogP) is 4.27. The molecular formula is C14H24O. The summed E-state index contributed by atoms with van der Waals surface area (Å²) in [5.74, 6) is 0. The zero-order chi connectivity index (χ0) is 11.2. The van der Waals surface area contributed by atoms with Crippen LogP contribution >= 0.6 is 0 Å². The zero-order valence-electron chi connectivity index (χ0n) is 9.95. The largest absolute Gasteiger partial charge is 0.381 e. The molecule has 0 saturated carbocycles. The Morgan fingerprint density at radius 3 is 2.60 bits per heavy atom. The van der Waals surface area contributed by atoms with Gasteiger partial charge in [-0.15, -0.1) is 0 Å². The molecule has 0 aromatic heterocycles. The quantitative estimate of drug-likeness (QED) is 0.385. The maximum atomic E-state index is 5.49. The lowest BCUT2D eigenvalue weighted by Crippen LogP contribution is -1.95. The molecule has 0 N–H and O–H groups in total. The highest BCUT2D eigenvalue weighted by atomic mass is 16.5. The molecule has 0 unspecified atom stereocenters. The molecule has 0 aliphatic carbocycles. The van der Waals surface area contributed by atoms with Crippen LogP contribution in [0.2, 0.25) is 0 Å². The molecule has 1 heteroatoms. The minimum Gasteiger partial charge on any atom is -0.381 e. The normalized spacial score (nSPS) is 11.5. The fourth-order valence-electron chi connectivity index (χ4n) is 1.20. The predicted molar refractivity (Wildman–Crippen MR) is 68.1 cm³/mol. The molecule has 0 fully saturated rings. The molecule has 0 aliphatic rings. The van der Waals surface area contributed by atoms with Crippen LogP contribution in [0.15, 0.2) is 37.0 Å². The van der Waals surface area contributed by atoms with Gasteiger partial charge in [-0.1, -0.05) is 63.1 Å². The summed E-state index contributed by atoms with van der Waals surface area (Å²) in [7, 11) is 0. The molecule has 0 atom stereocenters. The summed E-state index contributed by atoms with van der Waals surface area (Å²) in [5, 5.41) is 0. The van der Waals surface area contributed by atoms with Gasteiger partial charge in [0.1, 0.15) is 0 Å². The molecule has 0 aromatic rings. The number of ether oxygens (including phenoxy) is 1. The fourth-order valence-corrected chi connectivity index (χ4v) is 1.20. The van der Waals surface area contributed by atoms with Crippen LogP contribution < -0.4 is 0 Å². The third-order valence-electron chi connectivity index (χ3n) is 2.07. The van der Waals surface area contributed by atoms with Crippen molar-refractivity contribution in [3.05, 3.63) is 37.0 Å². The summed E-state index contributed by atoms with van der Waals surface area (Å²) in [6, 6.07) is 0. The van der Waals surface area contributed by atoms with Gasteiger partial charge >= 0.3 is 0 Å². The molecule has 0 saturated heterocycles. The Balaban J connectivity index is 3.07. The van der Waals surface area contributed by atoms with Gasteiger partial charge in [-0.05, 0) is 12.8 Å². The van der Waals surface area contributed by atoms with Crippen molar-refractivity contribution in [1.82, 2.24) is 0 Å². The van der Waals surface area contributed by atoms with Crippen molar-refractivity contribution in [1.29, 1.82) is 0 Å². The van der Waals surface area contributed by atoms with Crippen molar-refractivity contribution in [2.75, 3.05) is 13.2 Å². The summed E-state index contributed by atoms with van der Waals surface area (Å²) >= 11 is 0. The molecule has 0 amide bonds. The Morgan fingerprint density at radius 1 is 1.00 bits per heavy atom. The first-order chi connectivity index (χ1) is 7.41. The topological polar surface area (TPSA) is 9.23 Å². The second-order valence-corrected chi connectivity index (χ2v) is 3.51. The highest BCUT2D eigenvalue weighted by Crippen LogP contribution is 1.99. The SMILES string of the molecule is C=C/C=C\C=C/CCOCCCCCC. The van der Waals surface area contributed by atoms with Crippen LogP contribution in [-0.4, -0.2) is 13.2 Å². The van der Waals surface area contributed by atoms with E-state index < -0.39 is 0 Å². The zero-order valence-corrected chi connectivity index (χ0v) is 9.95. The van der Waals surface area contributed by atoms with E-state index >= 15 is 0 Å². The average molecular weight is 208 g/mol. The van der Waals surface area contributed by atoms with Crippen molar-refractivity contribution < 1.29 is 4.74 Å². The van der Waals surface area contributed by atoms with Crippen molar-refractivity contribution in [3.63, 3.8) is 0 Å². The number of unbranched alkanes of at least 4 members (excludes halogenated alkanes) is 3. The minimum absolute atomic E-state index is 0.838.